The van der Waals surface area contributed by atoms with E-state index >= 15 is 0 Å². The number of piperazine rings is 1. The van der Waals surface area contributed by atoms with Crippen LogP contribution in [0.1, 0.15) is 19.7 Å². The van der Waals surface area contributed by atoms with Crippen molar-refractivity contribution >= 4 is 5.69 Å². The van der Waals surface area contributed by atoms with Crippen LogP contribution in [0.25, 0.3) is 0 Å². The van der Waals surface area contributed by atoms with Gasteiger partial charge in [0.25, 0.3) is 0 Å². The van der Waals surface area contributed by atoms with Gasteiger partial charge < -0.3 is 14.5 Å². The predicted octanol–water partition coefficient (Wildman–Crippen LogP) is 2.40. The largest absolute Gasteiger partial charge is 0.424 e. The molecule has 1 fully saturated rings. The van der Waals surface area contributed by atoms with Crippen molar-refractivity contribution in [2.45, 2.75) is 26.8 Å². The minimum Gasteiger partial charge on any atom is -0.424 e. The van der Waals surface area contributed by atoms with Crippen LogP contribution >= 0.6 is 0 Å². The number of rotatable bonds is 5. The Morgan fingerprint density at radius 1 is 1.09 bits per heavy atom. The normalized spacial score (nSPS) is 15.9. The summed E-state index contributed by atoms with van der Waals surface area (Å²) >= 11 is 0. The Labute approximate surface area is 137 Å². The molecule has 0 atom stereocenters. The Hall–Kier alpha value is -2.08. The van der Waals surface area contributed by atoms with Gasteiger partial charge >= 0.3 is 6.01 Å². The lowest BCUT2D eigenvalue weighted by molar-refractivity contribution is 0.312. The van der Waals surface area contributed by atoms with Gasteiger partial charge in [-0.3, -0.25) is 4.57 Å². The van der Waals surface area contributed by atoms with E-state index in [1.165, 1.54) is 5.69 Å². The molecule has 6 nitrogen and oxygen atoms in total. The Morgan fingerprint density at radius 3 is 2.57 bits per heavy atom. The third-order valence-corrected chi connectivity index (χ3v) is 4.32. The first-order valence-electron chi connectivity index (χ1n) is 8.34. The zero-order valence-electron chi connectivity index (χ0n) is 14.2. The van der Waals surface area contributed by atoms with E-state index in [1.807, 2.05) is 16.7 Å². The van der Waals surface area contributed by atoms with E-state index in [1.54, 1.807) is 0 Å². The molecule has 1 aromatic carbocycles. The zero-order valence-corrected chi connectivity index (χ0v) is 14.2. The molecule has 2 aromatic rings. The first kappa shape index (κ1) is 15.8. The van der Waals surface area contributed by atoms with Crippen LogP contribution in [0.3, 0.4) is 0 Å². The quantitative estimate of drug-likeness (QED) is 0.848. The molecule has 0 unspecified atom stereocenters. The second-order valence-electron chi connectivity index (χ2n) is 5.89. The van der Waals surface area contributed by atoms with Crippen molar-refractivity contribution < 1.29 is 4.74 Å². The Bertz CT molecular complexity index is 646. The summed E-state index contributed by atoms with van der Waals surface area (Å²) in [4.78, 5) is 4.75. The number of hydrogen-bond acceptors (Lipinski definition) is 5. The number of hydrogen-bond donors (Lipinski definition) is 0. The fraction of sp³-hybridized carbons (Fsp3) is 0.529. The third kappa shape index (κ3) is 3.47. The van der Waals surface area contributed by atoms with Gasteiger partial charge in [0, 0.05) is 50.9 Å². The maximum Gasteiger partial charge on any atom is 0.322 e. The second kappa shape index (κ2) is 7.00. The molecule has 1 aliphatic rings. The van der Waals surface area contributed by atoms with Crippen molar-refractivity contribution in [2.75, 3.05) is 38.1 Å². The fourth-order valence-electron chi connectivity index (χ4n) is 2.89. The van der Waals surface area contributed by atoms with Gasteiger partial charge in [0.15, 0.2) is 0 Å². The zero-order chi connectivity index (χ0) is 16.2. The highest BCUT2D eigenvalue weighted by molar-refractivity contribution is 5.51. The number of ether oxygens (including phenoxy) is 1. The van der Waals surface area contributed by atoms with Crippen molar-refractivity contribution in [3.8, 4) is 11.8 Å². The molecule has 0 radical (unpaired) electrons. The van der Waals surface area contributed by atoms with Gasteiger partial charge in [-0.1, -0.05) is 18.1 Å². The smallest absolute Gasteiger partial charge is 0.322 e. The summed E-state index contributed by atoms with van der Waals surface area (Å²) in [6.07, 6.45) is 0.853. The molecular weight excluding hydrogens is 290 g/mol. The molecule has 0 amide bonds. The Balaban J connectivity index is 1.76. The molecule has 2 heterocycles. The van der Waals surface area contributed by atoms with Gasteiger partial charge in [-0.25, -0.2) is 0 Å². The van der Waals surface area contributed by atoms with E-state index in [2.05, 4.69) is 53.0 Å². The molecule has 3 rings (SSSR count). The van der Waals surface area contributed by atoms with Crippen molar-refractivity contribution in [2.24, 2.45) is 0 Å². The third-order valence-electron chi connectivity index (χ3n) is 4.32. The highest BCUT2D eigenvalue weighted by Crippen LogP contribution is 2.26. The van der Waals surface area contributed by atoms with Gasteiger partial charge in [0.1, 0.15) is 11.6 Å². The molecule has 0 N–H and O–H groups in total. The molecule has 124 valence electrons. The van der Waals surface area contributed by atoms with Crippen LogP contribution in [-0.2, 0) is 13.0 Å². The van der Waals surface area contributed by atoms with Crippen molar-refractivity contribution in [3.05, 3.63) is 30.1 Å². The lowest BCUT2D eigenvalue weighted by atomic mass is 10.2. The monoisotopic (exact) mass is 315 g/mol. The molecule has 1 saturated heterocycles. The molecule has 0 saturated carbocycles. The molecule has 0 aliphatic carbocycles. The van der Waals surface area contributed by atoms with Crippen molar-refractivity contribution in [1.29, 1.82) is 0 Å². The van der Waals surface area contributed by atoms with Crippen LogP contribution in [0.2, 0.25) is 0 Å². The molecule has 0 spiro atoms. The van der Waals surface area contributed by atoms with Crippen LogP contribution in [-0.4, -0.2) is 52.9 Å². The minimum absolute atomic E-state index is 0.569. The van der Waals surface area contributed by atoms with Gasteiger partial charge in [-0.15, -0.1) is 5.10 Å². The second-order valence-corrected chi connectivity index (χ2v) is 5.89. The predicted molar refractivity (Wildman–Crippen MR) is 91.3 cm³/mol. The van der Waals surface area contributed by atoms with E-state index in [9.17, 15) is 0 Å². The average Bonchev–Trinajstić information content (AvgIpc) is 2.97. The maximum absolute atomic E-state index is 5.99. The molecule has 0 bridgehead atoms. The van der Waals surface area contributed by atoms with Gasteiger partial charge in [0.2, 0.25) is 0 Å². The maximum atomic E-state index is 5.99. The summed E-state index contributed by atoms with van der Waals surface area (Å²) in [6, 6.07) is 8.81. The number of likely N-dealkylation sites (N-methyl/N-ethyl adjacent to an activating group) is 1. The van der Waals surface area contributed by atoms with Crippen LogP contribution in [0.15, 0.2) is 24.3 Å². The highest BCUT2D eigenvalue weighted by Gasteiger charge is 2.16. The first-order chi connectivity index (χ1) is 11.2. The van der Waals surface area contributed by atoms with Gasteiger partial charge in [-0.2, -0.15) is 0 Å². The van der Waals surface area contributed by atoms with Crippen LogP contribution < -0.4 is 9.64 Å². The minimum atomic E-state index is 0.569. The first-order valence-corrected chi connectivity index (χ1v) is 8.34. The number of anilines is 1. The average molecular weight is 315 g/mol. The van der Waals surface area contributed by atoms with Crippen molar-refractivity contribution in [3.63, 3.8) is 0 Å². The number of nitrogens with zero attached hydrogens (tertiary/aromatic N) is 5. The summed E-state index contributed by atoms with van der Waals surface area (Å²) in [7, 11) is 2.17. The van der Waals surface area contributed by atoms with Crippen LogP contribution in [0.4, 0.5) is 5.69 Å². The lowest BCUT2D eigenvalue weighted by Crippen LogP contribution is -2.44. The molecular formula is C17H25N5O. The van der Waals surface area contributed by atoms with Crippen molar-refractivity contribution in [1.82, 2.24) is 19.7 Å². The summed E-state index contributed by atoms with van der Waals surface area (Å²) in [6.45, 7) is 9.24. The van der Waals surface area contributed by atoms with E-state index in [0.29, 0.717) is 6.01 Å². The summed E-state index contributed by atoms with van der Waals surface area (Å²) in [5.74, 6) is 1.77. The molecule has 1 aliphatic heterocycles. The van der Waals surface area contributed by atoms with E-state index in [-0.39, 0.29) is 0 Å². The number of benzene rings is 1. The van der Waals surface area contributed by atoms with E-state index in [4.69, 9.17) is 4.74 Å². The summed E-state index contributed by atoms with van der Waals surface area (Å²) in [5.41, 5.74) is 1.20. The van der Waals surface area contributed by atoms with Gasteiger partial charge in [0.05, 0.1) is 0 Å². The number of aryl methyl sites for hydroxylation is 1. The number of aromatic nitrogens is 3. The highest BCUT2D eigenvalue weighted by atomic mass is 16.5. The SMILES string of the molecule is CCc1nnc(Oc2cccc(N3CCN(C)CC3)c2)n1CC. The Kier molecular flexibility index (Phi) is 4.81. The van der Waals surface area contributed by atoms with E-state index < -0.39 is 0 Å². The molecule has 23 heavy (non-hydrogen) atoms. The van der Waals surface area contributed by atoms with Crippen LogP contribution in [0.5, 0.6) is 11.8 Å². The standard InChI is InChI=1S/C17H25N5O/c1-4-16-18-19-17(22(16)5-2)23-15-8-6-7-14(13-15)21-11-9-20(3)10-12-21/h6-8,13H,4-5,9-12H2,1-3H3. The van der Waals surface area contributed by atoms with Crippen LogP contribution in [0, 0.1) is 0 Å². The molecule has 1 aromatic heterocycles. The Morgan fingerprint density at radius 2 is 1.87 bits per heavy atom. The van der Waals surface area contributed by atoms with E-state index in [0.717, 1.165) is 50.7 Å². The van der Waals surface area contributed by atoms with Gasteiger partial charge in [-0.05, 0) is 26.1 Å². The summed E-state index contributed by atoms with van der Waals surface area (Å²) < 4.78 is 8.00. The lowest BCUT2D eigenvalue weighted by Gasteiger charge is -2.34. The molecule has 6 heteroatoms. The topological polar surface area (TPSA) is 46.4 Å². The fourth-order valence-corrected chi connectivity index (χ4v) is 2.89. The summed E-state index contributed by atoms with van der Waals surface area (Å²) in [5, 5.41) is 8.37.